The molecule has 0 aromatic carbocycles. The van der Waals surface area contributed by atoms with Crippen molar-refractivity contribution in [1.29, 1.82) is 0 Å². The van der Waals surface area contributed by atoms with Crippen molar-refractivity contribution in [2.24, 2.45) is 0 Å². The van der Waals surface area contributed by atoms with Gasteiger partial charge in [0.05, 0.1) is 0 Å². The van der Waals surface area contributed by atoms with E-state index in [4.69, 9.17) is 0 Å². The molecule has 2 unspecified atom stereocenters. The van der Waals surface area contributed by atoms with Gasteiger partial charge in [-0.2, -0.15) is 11.8 Å². The maximum atomic E-state index is 11.9. The summed E-state index contributed by atoms with van der Waals surface area (Å²) >= 11 is 1.92. The Hall–Kier alpha value is 0.240. The first-order valence-corrected chi connectivity index (χ1v) is 5.99. The van der Waals surface area contributed by atoms with Gasteiger partial charge in [0.1, 0.15) is 6.67 Å². The highest BCUT2D eigenvalue weighted by molar-refractivity contribution is 7.99. The fourth-order valence-corrected chi connectivity index (χ4v) is 2.82. The summed E-state index contributed by atoms with van der Waals surface area (Å²) in [6.07, 6.45) is 7.33. The van der Waals surface area contributed by atoms with E-state index in [1.165, 1.54) is 25.7 Å². The highest BCUT2D eigenvalue weighted by atomic mass is 32.2. The van der Waals surface area contributed by atoms with Gasteiger partial charge in [0, 0.05) is 17.8 Å². The van der Waals surface area contributed by atoms with Crippen LogP contribution in [0.1, 0.15) is 25.7 Å². The van der Waals surface area contributed by atoms with Gasteiger partial charge in [-0.3, -0.25) is 0 Å². The Morgan fingerprint density at radius 2 is 2.17 bits per heavy atom. The Bertz CT molecular complexity index is 121. The van der Waals surface area contributed by atoms with Crippen molar-refractivity contribution < 1.29 is 4.39 Å². The normalized spacial score (nSPS) is 30.5. The minimum Gasteiger partial charge on any atom is -0.310 e. The maximum absolute atomic E-state index is 11.9. The topological polar surface area (TPSA) is 12.0 Å². The molecule has 12 heavy (non-hydrogen) atoms. The molecule has 1 aliphatic rings. The van der Waals surface area contributed by atoms with Crippen LogP contribution < -0.4 is 5.32 Å². The quantitative estimate of drug-likeness (QED) is 0.731. The predicted molar refractivity (Wildman–Crippen MR) is 53.5 cm³/mol. The summed E-state index contributed by atoms with van der Waals surface area (Å²) in [5.74, 6) is 0. The molecule has 0 radical (unpaired) electrons. The molecule has 0 aliphatic heterocycles. The fourth-order valence-electron chi connectivity index (χ4n) is 1.85. The van der Waals surface area contributed by atoms with Crippen LogP contribution in [0.15, 0.2) is 0 Å². The molecule has 1 rings (SSSR count). The minimum atomic E-state index is -0.238. The van der Waals surface area contributed by atoms with Gasteiger partial charge in [-0.15, -0.1) is 0 Å². The highest BCUT2D eigenvalue weighted by Gasteiger charge is 2.23. The molecule has 2 atom stereocenters. The summed E-state index contributed by atoms with van der Waals surface area (Å²) in [5.41, 5.74) is 0. The first-order chi connectivity index (χ1) is 5.88. The van der Waals surface area contributed by atoms with Crippen molar-refractivity contribution >= 4 is 11.8 Å². The van der Waals surface area contributed by atoms with E-state index in [0.717, 1.165) is 0 Å². The van der Waals surface area contributed by atoms with Crippen LogP contribution >= 0.6 is 11.8 Å². The van der Waals surface area contributed by atoms with E-state index in [1.54, 1.807) is 0 Å². The molecule has 1 saturated carbocycles. The fraction of sp³-hybridized carbons (Fsp3) is 1.00. The second-order valence-corrected chi connectivity index (χ2v) is 4.39. The number of alkyl halides is 1. The van der Waals surface area contributed by atoms with Crippen molar-refractivity contribution in [3.63, 3.8) is 0 Å². The van der Waals surface area contributed by atoms with E-state index in [0.29, 0.717) is 17.8 Å². The lowest BCUT2D eigenvalue weighted by atomic mass is 9.95. The van der Waals surface area contributed by atoms with Gasteiger partial charge in [0.15, 0.2) is 0 Å². The average Bonchev–Trinajstić information content (AvgIpc) is 2.15. The molecule has 0 spiro atoms. The molecule has 72 valence electrons. The van der Waals surface area contributed by atoms with Crippen molar-refractivity contribution in [3.8, 4) is 0 Å². The summed E-state index contributed by atoms with van der Waals surface area (Å²) in [4.78, 5) is 0. The van der Waals surface area contributed by atoms with Crippen LogP contribution in [-0.2, 0) is 0 Å². The van der Waals surface area contributed by atoms with E-state index >= 15 is 0 Å². The van der Waals surface area contributed by atoms with Crippen LogP contribution in [0.2, 0.25) is 0 Å². The van der Waals surface area contributed by atoms with Gasteiger partial charge in [0.25, 0.3) is 0 Å². The van der Waals surface area contributed by atoms with Crippen LogP contribution in [-0.4, -0.2) is 30.8 Å². The summed E-state index contributed by atoms with van der Waals surface area (Å²) in [6.45, 7) is 0.291. The molecule has 1 fully saturated rings. The van der Waals surface area contributed by atoms with Gasteiger partial charge in [-0.1, -0.05) is 12.8 Å². The van der Waals surface area contributed by atoms with E-state index in [2.05, 4.69) is 11.6 Å². The van der Waals surface area contributed by atoms with E-state index < -0.39 is 0 Å². The molecule has 0 bridgehead atoms. The molecule has 0 aromatic rings. The number of halogens is 1. The number of hydrogen-bond donors (Lipinski definition) is 1. The van der Waals surface area contributed by atoms with Crippen molar-refractivity contribution in [3.05, 3.63) is 0 Å². The van der Waals surface area contributed by atoms with E-state index in [1.807, 2.05) is 11.8 Å². The summed E-state index contributed by atoms with van der Waals surface area (Å²) in [6, 6.07) is 0.560. The molecule has 1 aliphatic carbocycles. The Morgan fingerprint density at radius 3 is 2.83 bits per heavy atom. The van der Waals surface area contributed by atoms with Crippen LogP contribution in [0, 0.1) is 0 Å². The lowest BCUT2D eigenvalue weighted by molar-refractivity contribution is 0.362. The Balaban J connectivity index is 2.26. The van der Waals surface area contributed by atoms with E-state index in [-0.39, 0.29) is 6.67 Å². The third-order valence-corrected chi connectivity index (χ3v) is 3.68. The Kier molecular flexibility index (Phi) is 5.00. The summed E-state index contributed by atoms with van der Waals surface area (Å²) in [7, 11) is 0. The van der Waals surface area contributed by atoms with Crippen LogP contribution in [0.5, 0.6) is 0 Å². The molecule has 1 nitrogen and oxygen atoms in total. The molecule has 0 heterocycles. The second-order valence-electron chi connectivity index (χ2n) is 3.31. The number of nitrogens with one attached hydrogen (secondary N) is 1. The van der Waals surface area contributed by atoms with Crippen molar-refractivity contribution in [2.45, 2.75) is 37.0 Å². The van der Waals surface area contributed by atoms with Crippen molar-refractivity contribution in [2.75, 3.05) is 19.5 Å². The van der Waals surface area contributed by atoms with Crippen LogP contribution in [0.4, 0.5) is 4.39 Å². The van der Waals surface area contributed by atoms with Crippen molar-refractivity contribution in [1.82, 2.24) is 5.32 Å². The minimum absolute atomic E-state index is 0.238. The summed E-state index contributed by atoms with van der Waals surface area (Å²) < 4.78 is 11.9. The van der Waals surface area contributed by atoms with Crippen LogP contribution in [0.3, 0.4) is 0 Å². The molecule has 1 N–H and O–H groups in total. The third-order valence-electron chi connectivity index (χ3n) is 2.51. The molecule has 0 amide bonds. The smallest absolute Gasteiger partial charge is 0.102 e. The molecular weight excluding hydrogens is 173 g/mol. The zero-order chi connectivity index (χ0) is 8.81. The lowest BCUT2D eigenvalue weighted by Crippen LogP contribution is -2.41. The van der Waals surface area contributed by atoms with Gasteiger partial charge in [0.2, 0.25) is 0 Å². The van der Waals surface area contributed by atoms with Gasteiger partial charge in [-0.05, 0) is 19.1 Å². The maximum Gasteiger partial charge on any atom is 0.102 e. The standard InChI is InChI=1S/C9H18FNS/c1-12-9-5-3-2-4-8(9)11-7-6-10/h8-9,11H,2-7H2,1H3. The lowest BCUT2D eigenvalue weighted by Gasteiger charge is -2.30. The first-order valence-electron chi connectivity index (χ1n) is 4.70. The third kappa shape index (κ3) is 2.94. The molecule has 0 aromatic heterocycles. The molecule has 0 saturated heterocycles. The van der Waals surface area contributed by atoms with E-state index in [9.17, 15) is 4.39 Å². The second kappa shape index (κ2) is 5.81. The first kappa shape index (κ1) is 10.3. The van der Waals surface area contributed by atoms with Gasteiger partial charge >= 0.3 is 0 Å². The Labute approximate surface area is 78.5 Å². The zero-order valence-electron chi connectivity index (χ0n) is 7.68. The average molecular weight is 191 g/mol. The monoisotopic (exact) mass is 191 g/mol. The van der Waals surface area contributed by atoms with Gasteiger partial charge in [-0.25, -0.2) is 4.39 Å². The molecule has 3 heteroatoms. The SMILES string of the molecule is CSC1CCCCC1NCCF. The summed E-state index contributed by atoms with van der Waals surface area (Å²) in [5, 5.41) is 3.99. The Morgan fingerprint density at radius 1 is 1.42 bits per heavy atom. The number of rotatable bonds is 4. The molecular formula is C9H18FNS. The number of thioether (sulfide) groups is 1. The zero-order valence-corrected chi connectivity index (χ0v) is 8.50. The predicted octanol–water partition coefficient (Wildman–Crippen LogP) is 2.22. The van der Waals surface area contributed by atoms with Gasteiger partial charge < -0.3 is 5.32 Å². The van der Waals surface area contributed by atoms with Crippen LogP contribution in [0.25, 0.3) is 0 Å². The number of hydrogen-bond acceptors (Lipinski definition) is 2. The highest BCUT2D eigenvalue weighted by Crippen LogP contribution is 2.26. The largest absolute Gasteiger partial charge is 0.310 e.